The summed E-state index contributed by atoms with van der Waals surface area (Å²) in [4.78, 5) is 21.8. The lowest BCUT2D eigenvalue weighted by atomic mass is 10.3. The highest BCUT2D eigenvalue weighted by Gasteiger charge is 2.08. The van der Waals surface area contributed by atoms with Gasteiger partial charge in [-0.05, 0) is 12.1 Å². The van der Waals surface area contributed by atoms with Gasteiger partial charge < -0.3 is 20.1 Å². The molecular formula is C17H20N6O4. The Balaban J connectivity index is 2.82. The molecule has 27 heavy (non-hydrogen) atoms. The van der Waals surface area contributed by atoms with Crippen LogP contribution in [0.1, 0.15) is 13.8 Å². The number of ether oxygens (including phenoxy) is 2. The molecule has 3 N–H and O–H groups in total. The van der Waals surface area contributed by atoms with Gasteiger partial charge in [-0.15, -0.1) is 0 Å². The zero-order chi connectivity index (χ0) is 20.1. The Bertz CT molecular complexity index is 763. The standard InChI is InChI=1S/C17H20N6O4/c1-12(24)20-5-7-26-16-4-3-14(22-23-15(10-18)11-19)9-17(16)27-8-6-21-13(2)25/h3-4,9,22H,5-8H2,1-2H3,(H,20,24)(H,21,25). The van der Waals surface area contributed by atoms with Gasteiger partial charge in [0, 0.05) is 19.9 Å². The van der Waals surface area contributed by atoms with E-state index in [9.17, 15) is 9.59 Å². The van der Waals surface area contributed by atoms with Gasteiger partial charge in [0.05, 0.1) is 18.8 Å². The Morgan fingerprint density at radius 3 is 2.07 bits per heavy atom. The topological polar surface area (TPSA) is 149 Å². The van der Waals surface area contributed by atoms with Crippen LogP contribution in [0.2, 0.25) is 0 Å². The largest absolute Gasteiger partial charge is 0.488 e. The van der Waals surface area contributed by atoms with Crippen LogP contribution in [0.5, 0.6) is 11.5 Å². The first-order valence-electron chi connectivity index (χ1n) is 7.98. The van der Waals surface area contributed by atoms with E-state index in [2.05, 4.69) is 21.2 Å². The van der Waals surface area contributed by atoms with Gasteiger partial charge in [0.25, 0.3) is 0 Å². The van der Waals surface area contributed by atoms with E-state index >= 15 is 0 Å². The molecule has 0 heterocycles. The fourth-order valence-electron chi connectivity index (χ4n) is 1.78. The number of nitrogens with zero attached hydrogens (tertiary/aromatic N) is 3. The molecule has 0 fully saturated rings. The maximum atomic E-state index is 10.9. The van der Waals surface area contributed by atoms with Crippen LogP contribution >= 0.6 is 0 Å². The quantitative estimate of drug-likeness (QED) is 0.308. The first-order chi connectivity index (χ1) is 13.0. The molecule has 0 bridgehead atoms. The summed E-state index contributed by atoms with van der Waals surface area (Å²) in [7, 11) is 0. The van der Waals surface area contributed by atoms with Crippen LogP contribution in [-0.2, 0) is 9.59 Å². The first kappa shape index (κ1) is 21.3. The second-order valence-corrected chi connectivity index (χ2v) is 5.12. The molecule has 1 aromatic rings. The SMILES string of the molecule is CC(=O)NCCOc1ccc(NN=C(C#N)C#N)cc1OCCNC(C)=O. The molecule has 0 aromatic heterocycles. The smallest absolute Gasteiger partial charge is 0.237 e. The number of anilines is 1. The van der Waals surface area contributed by atoms with Crippen LogP contribution in [-0.4, -0.2) is 43.8 Å². The van der Waals surface area contributed by atoms with Crippen molar-refractivity contribution in [3.63, 3.8) is 0 Å². The summed E-state index contributed by atoms with van der Waals surface area (Å²) in [5.74, 6) is 0.474. The Hall–Kier alpha value is -3.79. The summed E-state index contributed by atoms with van der Waals surface area (Å²) in [5.41, 5.74) is 2.74. The summed E-state index contributed by atoms with van der Waals surface area (Å²) in [6.07, 6.45) is 0. The molecule has 0 saturated heterocycles. The molecule has 0 unspecified atom stereocenters. The van der Waals surface area contributed by atoms with E-state index in [1.165, 1.54) is 13.8 Å². The molecule has 0 atom stereocenters. The average molecular weight is 372 g/mol. The molecule has 0 aliphatic heterocycles. The van der Waals surface area contributed by atoms with Crippen molar-refractivity contribution in [2.75, 3.05) is 31.7 Å². The lowest BCUT2D eigenvalue weighted by molar-refractivity contribution is -0.119. The summed E-state index contributed by atoms with van der Waals surface area (Å²) in [6, 6.07) is 8.11. The van der Waals surface area contributed by atoms with E-state index in [0.29, 0.717) is 30.3 Å². The molecule has 2 amide bonds. The minimum absolute atomic E-state index is 0.159. The van der Waals surface area contributed by atoms with E-state index in [0.717, 1.165) is 0 Å². The number of amides is 2. The molecule has 142 valence electrons. The van der Waals surface area contributed by atoms with E-state index in [4.69, 9.17) is 20.0 Å². The predicted octanol–water partition coefficient (Wildman–Crippen LogP) is 0.531. The average Bonchev–Trinajstić information content (AvgIpc) is 2.64. The summed E-state index contributed by atoms with van der Waals surface area (Å²) in [6.45, 7) is 3.90. The maximum Gasteiger partial charge on any atom is 0.237 e. The number of nitrogens with one attached hydrogen (secondary N) is 3. The molecular weight excluding hydrogens is 352 g/mol. The van der Waals surface area contributed by atoms with Gasteiger partial charge in [-0.2, -0.15) is 15.6 Å². The van der Waals surface area contributed by atoms with Crippen LogP contribution in [0.15, 0.2) is 23.3 Å². The molecule has 0 radical (unpaired) electrons. The third-order valence-corrected chi connectivity index (χ3v) is 2.92. The molecule has 1 rings (SSSR count). The number of nitriles is 2. The van der Waals surface area contributed by atoms with E-state index in [1.807, 2.05) is 0 Å². The number of benzene rings is 1. The Kier molecular flexibility index (Phi) is 9.22. The number of carbonyl (C=O) groups excluding carboxylic acids is 2. The van der Waals surface area contributed by atoms with Gasteiger partial charge in [0.15, 0.2) is 11.5 Å². The number of hydrogen-bond acceptors (Lipinski definition) is 8. The lowest BCUT2D eigenvalue weighted by Gasteiger charge is -2.14. The highest BCUT2D eigenvalue weighted by Crippen LogP contribution is 2.30. The van der Waals surface area contributed by atoms with Gasteiger partial charge in [0.1, 0.15) is 25.4 Å². The fourth-order valence-corrected chi connectivity index (χ4v) is 1.78. The van der Waals surface area contributed by atoms with Crippen LogP contribution in [0, 0.1) is 22.7 Å². The van der Waals surface area contributed by atoms with Gasteiger partial charge in [-0.25, -0.2) is 0 Å². The first-order valence-corrected chi connectivity index (χ1v) is 7.98. The maximum absolute atomic E-state index is 10.9. The highest BCUT2D eigenvalue weighted by molar-refractivity contribution is 6.10. The third-order valence-electron chi connectivity index (χ3n) is 2.92. The molecule has 0 spiro atoms. The van der Waals surface area contributed by atoms with Crippen molar-refractivity contribution in [1.82, 2.24) is 10.6 Å². The predicted molar refractivity (Wildman–Crippen MR) is 97.1 cm³/mol. The summed E-state index contributed by atoms with van der Waals surface area (Å²) < 4.78 is 11.2. The summed E-state index contributed by atoms with van der Waals surface area (Å²) in [5, 5.41) is 26.3. The third kappa shape index (κ3) is 8.74. The van der Waals surface area contributed by atoms with Crippen LogP contribution in [0.4, 0.5) is 5.69 Å². The van der Waals surface area contributed by atoms with E-state index in [-0.39, 0.29) is 30.7 Å². The molecule has 0 saturated carbocycles. The molecule has 0 aliphatic rings. The molecule has 1 aromatic carbocycles. The van der Waals surface area contributed by atoms with Crippen molar-refractivity contribution < 1.29 is 19.1 Å². The molecule has 10 heteroatoms. The van der Waals surface area contributed by atoms with E-state index in [1.54, 1.807) is 30.3 Å². The zero-order valence-electron chi connectivity index (χ0n) is 15.0. The molecule has 0 aliphatic carbocycles. The molecule has 10 nitrogen and oxygen atoms in total. The van der Waals surface area contributed by atoms with Crippen molar-refractivity contribution in [3.05, 3.63) is 18.2 Å². The highest BCUT2D eigenvalue weighted by atomic mass is 16.5. The number of rotatable bonds is 10. The Labute approximate surface area is 156 Å². The van der Waals surface area contributed by atoms with Crippen molar-refractivity contribution >= 4 is 23.2 Å². The minimum atomic E-state index is -0.321. The van der Waals surface area contributed by atoms with Crippen molar-refractivity contribution in [2.24, 2.45) is 5.10 Å². The van der Waals surface area contributed by atoms with E-state index < -0.39 is 0 Å². The van der Waals surface area contributed by atoms with Gasteiger partial charge in [0.2, 0.25) is 17.5 Å². The normalized spacial score (nSPS) is 9.19. The van der Waals surface area contributed by atoms with Gasteiger partial charge in [-0.1, -0.05) is 0 Å². The second-order valence-electron chi connectivity index (χ2n) is 5.12. The fraction of sp³-hybridized carbons (Fsp3) is 0.353. The zero-order valence-corrected chi connectivity index (χ0v) is 15.0. The van der Waals surface area contributed by atoms with Crippen molar-refractivity contribution in [3.8, 4) is 23.6 Å². The van der Waals surface area contributed by atoms with Crippen molar-refractivity contribution in [2.45, 2.75) is 13.8 Å². The second kappa shape index (κ2) is 11.7. The van der Waals surface area contributed by atoms with Gasteiger partial charge in [-0.3, -0.25) is 15.0 Å². The van der Waals surface area contributed by atoms with Crippen LogP contribution in [0.25, 0.3) is 0 Å². The Morgan fingerprint density at radius 2 is 1.56 bits per heavy atom. The number of hydrazone groups is 1. The van der Waals surface area contributed by atoms with Crippen molar-refractivity contribution in [1.29, 1.82) is 10.5 Å². The number of hydrogen-bond donors (Lipinski definition) is 3. The monoisotopic (exact) mass is 372 g/mol. The van der Waals surface area contributed by atoms with Crippen LogP contribution < -0.4 is 25.5 Å². The lowest BCUT2D eigenvalue weighted by Crippen LogP contribution is -2.26. The summed E-state index contributed by atoms with van der Waals surface area (Å²) >= 11 is 0. The minimum Gasteiger partial charge on any atom is -0.488 e. The number of carbonyl (C=O) groups is 2. The Morgan fingerprint density at radius 1 is 1.00 bits per heavy atom. The van der Waals surface area contributed by atoms with Crippen LogP contribution in [0.3, 0.4) is 0 Å². The van der Waals surface area contributed by atoms with Gasteiger partial charge >= 0.3 is 0 Å².